The Labute approximate surface area is 116 Å². The molecule has 5 heteroatoms. The molecule has 0 amide bonds. The van der Waals surface area contributed by atoms with Crippen LogP contribution in [0, 0.1) is 0 Å². The Morgan fingerprint density at radius 1 is 1.50 bits per heavy atom. The molecule has 1 fully saturated rings. The van der Waals surface area contributed by atoms with E-state index in [4.69, 9.17) is 4.74 Å². The van der Waals surface area contributed by atoms with Crippen molar-refractivity contribution in [3.63, 3.8) is 0 Å². The summed E-state index contributed by atoms with van der Waals surface area (Å²) in [5.41, 5.74) is 0.670. The van der Waals surface area contributed by atoms with Crippen molar-refractivity contribution in [3.8, 4) is 5.75 Å². The lowest BCUT2D eigenvalue weighted by Crippen LogP contribution is -2.24. The van der Waals surface area contributed by atoms with Crippen LogP contribution in [0.5, 0.6) is 5.75 Å². The van der Waals surface area contributed by atoms with E-state index in [9.17, 15) is 4.79 Å². The third kappa shape index (κ3) is 3.65. The molecule has 0 spiro atoms. The van der Waals surface area contributed by atoms with Crippen molar-refractivity contribution in [1.82, 2.24) is 4.98 Å². The second kappa shape index (κ2) is 7.04. The Morgan fingerprint density at radius 3 is 3.11 bits per heavy atom. The first-order valence-electron chi connectivity index (χ1n) is 6.12. The molecule has 2 rings (SSSR count). The predicted octanol–water partition coefficient (Wildman–Crippen LogP) is 2.90. The molecule has 1 aliphatic heterocycles. The maximum atomic E-state index is 12.3. The lowest BCUT2D eigenvalue weighted by molar-refractivity contribution is 0.0994. The van der Waals surface area contributed by atoms with Gasteiger partial charge in [0.25, 0.3) is 0 Å². The molecule has 1 aromatic heterocycles. The first-order valence-corrected chi connectivity index (χ1v) is 8.33. The molecule has 98 valence electrons. The first-order chi connectivity index (χ1) is 8.81. The van der Waals surface area contributed by atoms with Gasteiger partial charge < -0.3 is 4.74 Å². The van der Waals surface area contributed by atoms with Gasteiger partial charge in [0, 0.05) is 29.0 Å². The van der Waals surface area contributed by atoms with E-state index in [0.29, 0.717) is 17.9 Å². The van der Waals surface area contributed by atoms with Gasteiger partial charge in [-0.1, -0.05) is 6.92 Å². The van der Waals surface area contributed by atoms with Crippen molar-refractivity contribution in [3.05, 3.63) is 24.0 Å². The van der Waals surface area contributed by atoms with E-state index in [2.05, 4.69) is 11.9 Å². The normalized spacial score (nSPS) is 19.5. The molecule has 2 heterocycles. The van der Waals surface area contributed by atoms with Crippen LogP contribution in [0.25, 0.3) is 0 Å². The lowest BCUT2D eigenvalue weighted by Gasteiger charge is -2.19. The number of ketones is 1. The highest BCUT2D eigenvalue weighted by Crippen LogP contribution is 2.27. The highest BCUT2D eigenvalue weighted by molar-refractivity contribution is 8.07. The molecule has 0 N–H and O–H groups in total. The number of carbonyl (C=O) groups excluding carboxylic acids is 1. The van der Waals surface area contributed by atoms with Gasteiger partial charge in [-0.3, -0.25) is 9.78 Å². The maximum absolute atomic E-state index is 12.3. The predicted molar refractivity (Wildman–Crippen MR) is 77.9 cm³/mol. The lowest BCUT2D eigenvalue weighted by atomic mass is 10.1. The standard InChI is InChI=1S/C13H17NO2S2/c1-2-3-16-11-6-10(7-14-8-11)13(15)12-9-17-4-5-18-12/h6-8,12H,2-5,9H2,1H3. The molecule has 1 aromatic rings. The fraction of sp³-hybridized carbons (Fsp3) is 0.538. The van der Waals surface area contributed by atoms with Crippen molar-refractivity contribution in [1.29, 1.82) is 0 Å². The summed E-state index contributed by atoms with van der Waals surface area (Å²) >= 11 is 3.60. The van der Waals surface area contributed by atoms with Crippen LogP contribution >= 0.6 is 23.5 Å². The summed E-state index contributed by atoms with van der Waals surface area (Å²) in [7, 11) is 0. The molecule has 18 heavy (non-hydrogen) atoms. The molecule has 1 atom stereocenters. The summed E-state index contributed by atoms with van der Waals surface area (Å²) in [6.07, 6.45) is 4.25. The van der Waals surface area contributed by atoms with E-state index >= 15 is 0 Å². The number of pyridine rings is 1. The first kappa shape index (κ1) is 13.7. The minimum absolute atomic E-state index is 0.0759. The van der Waals surface area contributed by atoms with Gasteiger partial charge in [-0.25, -0.2) is 0 Å². The highest BCUT2D eigenvalue weighted by atomic mass is 32.2. The number of thioether (sulfide) groups is 2. The highest BCUT2D eigenvalue weighted by Gasteiger charge is 2.23. The fourth-order valence-corrected chi connectivity index (χ4v) is 4.31. The van der Waals surface area contributed by atoms with Gasteiger partial charge >= 0.3 is 0 Å². The zero-order chi connectivity index (χ0) is 12.8. The smallest absolute Gasteiger partial charge is 0.178 e. The van der Waals surface area contributed by atoms with Crippen molar-refractivity contribution in [2.45, 2.75) is 18.6 Å². The third-order valence-corrected chi connectivity index (χ3v) is 5.33. The summed E-state index contributed by atoms with van der Waals surface area (Å²) in [5.74, 6) is 3.98. The number of rotatable bonds is 5. The Kier molecular flexibility index (Phi) is 5.38. The van der Waals surface area contributed by atoms with Crippen LogP contribution in [-0.2, 0) is 0 Å². The van der Waals surface area contributed by atoms with Gasteiger partial charge in [0.15, 0.2) is 5.78 Å². The van der Waals surface area contributed by atoms with E-state index < -0.39 is 0 Å². The molecule has 0 radical (unpaired) electrons. The second-order valence-electron chi connectivity index (χ2n) is 4.06. The van der Waals surface area contributed by atoms with Crippen molar-refractivity contribution in [2.75, 3.05) is 23.9 Å². The van der Waals surface area contributed by atoms with Crippen LogP contribution in [0.4, 0.5) is 0 Å². The molecule has 3 nitrogen and oxygen atoms in total. The van der Waals surface area contributed by atoms with Crippen LogP contribution in [0.2, 0.25) is 0 Å². The Morgan fingerprint density at radius 2 is 2.39 bits per heavy atom. The van der Waals surface area contributed by atoms with E-state index in [0.717, 1.165) is 23.7 Å². The van der Waals surface area contributed by atoms with Crippen LogP contribution in [0.3, 0.4) is 0 Å². The molecule has 0 saturated carbocycles. The number of carbonyl (C=O) groups is 1. The molecule has 0 aliphatic carbocycles. The number of nitrogens with zero attached hydrogens (tertiary/aromatic N) is 1. The molecular formula is C13H17NO2S2. The topological polar surface area (TPSA) is 39.2 Å². The summed E-state index contributed by atoms with van der Waals surface area (Å²) in [5, 5.41) is 0.0759. The number of aromatic nitrogens is 1. The van der Waals surface area contributed by atoms with E-state index in [1.165, 1.54) is 0 Å². The number of ether oxygens (including phenoxy) is 1. The monoisotopic (exact) mass is 283 g/mol. The second-order valence-corrected chi connectivity index (χ2v) is 6.52. The summed E-state index contributed by atoms with van der Waals surface area (Å²) in [6, 6.07) is 1.81. The van der Waals surface area contributed by atoms with Gasteiger partial charge in [0.2, 0.25) is 0 Å². The summed E-state index contributed by atoms with van der Waals surface area (Å²) in [6.45, 7) is 2.71. The maximum Gasteiger partial charge on any atom is 0.178 e. The van der Waals surface area contributed by atoms with Gasteiger partial charge in [-0.05, 0) is 12.5 Å². The van der Waals surface area contributed by atoms with E-state index in [1.807, 2.05) is 17.8 Å². The minimum atomic E-state index is 0.0759. The van der Waals surface area contributed by atoms with Crippen molar-refractivity contribution >= 4 is 29.3 Å². The zero-order valence-electron chi connectivity index (χ0n) is 10.4. The van der Waals surface area contributed by atoms with Gasteiger partial charge in [0.1, 0.15) is 5.75 Å². The molecule has 1 aliphatic rings. The van der Waals surface area contributed by atoms with Gasteiger partial charge in [-0.15, -0.1) is 11.8 Å². The van der Waals surface area contributed by atoms with Crippen LogP contribution in [0.1, 0.15) is 23.7 Å². The average molecular weight is 283 g/mol. The third-order valence-electron chi connectivity index (χ3n) is 2.58. The molecule has 1 saturated heterocycles. The average Bonchev–Trinajstić information content (AvgIpc) is 2.45. The SMILES string of the molecule is CCCOc1cncc(C(=O)C2CSCCS2)c1. The van der Waals surface area contributed by atoms with Crippen molar-refractivity contribution < 1.29 is 9.53 Å². The van der Waals surface area contributed by atoms with E-state index in [1.54, 1.807) is 24.2 Å². The molecule has 0 aromatic carbocycles. The zero-order valence-corrected chi connectivity index (χ0v) is 12.1. The molecule has 0 bridgehead atoms. The number of hydrogen-bond donors (Lipinski definition) is 0. The molecule has 1 unspecified atom stereocenters. The number of Topliss-reactive ketones (excluding diaryl/α,β-unsaturated/α-hetero) is 1. The van der Waals surface area contributed by atoms with Crippen LogP contribution < -0.4 is 4.74 Å². The largest absolute Gasteiger partial charge is 0.492 e. The fourth-order valence-electron chi connectivity index (χ4n) is 1.68. The van der Waals surface area contributed by atoms with Gasteiger partial charge in [-0.2, -0.15) is 11.8 Å². The summed E-state index contributed by atoms with van der Waals surface area (Å²) in [4.78, 5) is 16.4. The Bertz CT molecular complexity index is 406. The van der Waals surface area contributed by atoms with E-state index in [-0.39, 0.29) is 11.0 Å². The summed E-state index contributed by atoms with van der Waals surface area (Å²) < 4.78 is 5.51. The van der Waals surface area contributed by atoms with Crippen LogP contribution in [0.15, 0.2) is 18.5 Å². The Hall–Kier alpha value is -0.680. The van der Waals surface area contributed by atoms with Crippen molar-refractivity contribution in [2.24, 2.45) is 0 Å². The Balaban J connectivity index is 2.04. The minimum Gasteiger partial charge on any atom is -0.492 e. The van der Waals surface area contributed by atoms with Gasteiger partial charge in [0.05, 0.1) is 18.1 Å². The quantitative estimate of drug-likeness (QED) is 0.777. The van der Waals surface area contributed by atoms with Crippen LogP contribution in [-0.4, -0.2) is 39.9 Å². The molecular weight excluding hydrogens is 266 g/mol. The number of hydrogen-bond acceptors (Lipinski definition) is 5.